The predicted octanol–water partition coefficient (Wildman–Crippen LogP) is 1.85. The van der Waals surface area contributed by atoms with Crippen molar-refractivity contribution in [2.45, 2.75) is 12.7 Å². The molecule has 0 fully saturated rings. The van der Waals surface area contributed by atoms with Crippen LogP contribution in [0.3, 0.4) is 0 Å². The van der Waals surface area contributed by atoms with Crippen molar-refractivity contribution >= 4 is 58.6 Å². The van der Waals surface area contributed by atoms with E-state index in [4.69, 9.17) is 23.7 Å². The van der Waals surface area contributed by atoms with Crippen molar-refractivity contribution in [3.05, 3.63) is 35.9 Å². The van der Waals surface area contributed by atoms with Gasteiger partial charge in [-0.1, -0.05) is 54.3 Å². The number of halogens is 1. The van der Waals surface area contributed by atoms with Gasteiger partial charge in [0.2, 0.25) is 5.96 Å². The van der Waals surface area contributed by atoms with Gasteiger partial charge in [0, 0.05) is 5.75 Å². The Morgan fingerprint density at radius 2 is 1.95 bits per heavy atom. The van der Waals surface area contributed by atoms with E-state index in [0.717, 1.165) is 5.75 Å². The molecule has 0 amide bonds. The molecular formula is C12H17ClN6S2. The van der Waals surface area contributed by atoms with Crippen LogP contribution >= 0.6 is 36.4 Å². The molecule has 1 aromatic carbocycles. The predicted molar refractivity (Wildman–Crippen MR) is 98.1 cm³/mol. The summed E-state index contributed by atoms with van der Waals surface area (Å²) in [6.45, 7) is 1.72. The van der Waals surface area contributed by atoms with Gasteiger partial charge in [0.25, 0.3) is 0 Å². The molecule has 0 atom stereocenters. The molecule has 114 valence electrons. The van der Waals surface area contributed by atoms with E-state index in [1.165, 1.54) is 23.5 Å². The number of nitrogens with two attached hydrogens (primary N) is 2. The normalized spacial score (nSPS) is 10.8. The van der Waals surface area contributed by atoms with E-state index in [2.05, 4.69) is 20.7 Å². The van der Waals surface area contributed by atoms with Gasteiger partial charge >= 0.3 is 0 Å². The van der Waals surface area contributed by atoms with E-state index < -0.39 is 0 Å². The van der Waals surface area contributed by atoms with Gasteiger partial charge in [-0.15, -0.1) is 17.5 Å². The second-order valence-electron chi connectivity index (χ2n) is 3.70. The van der Waals surface area contributed by atoms with Crippen LogP contribution in [0.2, 0.25) is 0 Å². The molecule has 0 heterocycles. The molecule has 0 aliphatic heterocycles. The van der Waals surface area contributed by atoms with Crippen LogP contribution < -0.4 is 16.9 Å². The van der Waals surface area contributed by atoms with E-state index in [0.29, 0.717) is 10.0 Å². The highest BCUT2D eigenvalue weighted by Crippen LogP contribution is 2.12. The highest BCUT2D eigenvalue weighted by molar-refractivity contribution is 8.22. The summed E-state index contributed by atoms with van der Waals surface area (Å²) in [5, 5.41) is 11.2. The minimum Gasteiger partial charge on any atom is -0.369 e. The summed E-state index contributed by atoms with van der Waals surface area (Å²) >= 11 is 6.64. The molecule has 0 aromatic heterocycles. The number of hydrazone groups is 1. The third-order valence-electron chi connectivity index (χ3n) is 1.94. The number of guanidine groups is 1. The number of thiocarbonyl (C=S) groups is 1. The lowest BCUT2D eigenvalue weighted by atomic mass is 10.2. The lowest BCUT2D eigenvalue weighted by Crippen LogP contribution is -2.22. The molecule has 0 aliphatic rings. The van der Waals surface area contributed by atoms with E-state index in [9.17, 15) is 0 Å². The SMILES string of the molecule is CC(/C=N\NC(=S)SCc1ccccc1)=N/N=C(N)N.Cl. The molecule has 0 saturated carbocycles. The Balaban J connectivity index is 0.00000400. The molecule has 1 aromatic rings. The molecule has 0 saturated heterocycles. The van der Waals surface area contributed by atoms with Gasteiger partial charge in [0.1, 0.15) is 0 Å². The maximum Gasteiger partial charge on any atom is 0.211 e. The van der Waals surface area contributed by atoms with Crippen molar-refractivity contribution in [3.8, 4) is 0 Å². The first-order chi connectivity index (χ1) is 9.58. The maximum absolute atomic E-state index is 5.15. The average molecular weight is 345 g/mol. The third kappa shape index (κ3) is 9.83. The molecule has 0 aliphatic carbocycles. The molecule has 21 heavy (non-hydrogen) atoms. The largest absolute Gasteiger partial charge is 0.369 e. The van der Waals surface area contributed by atoms with Crippen LogP contribution in [0.25, 0.3) is 0 Å². The van der Waals surface area contributed by atoms with Crippen LogP contribution in [0.4, 0.5) is 0 Å². The number of hydrogen-bond donors (Lipinski definition) is 3. The van der Waals surface area contributed by atoms with Crippen LogP contribution in [0, 0.1) is 0 Å². The summed E-state index contributed by atoms with van der Waals surface area (Å²) in [4.78, 5) is 0. The van der Waals surface area contributed by atoms with Crippen molar-refractivity contribution in [2.24, 2.45) is 26.8 Å². The van der Waals surface area contributed by atoms with Crippen LogP contribution in [-0.4, -0.2) is 22.2 Å². The Hall–Kier alpha value is -1.64. The monoisotopic (exact) mass is 344 g/mol. The number of nitrogens with zero attached hydrogens (tertiary/aromatic N) is 3. The van der Waals surface area contributed by atoms with Gasteiger partial charge in [-0.3, -0.25) is 5.43 Å². The summed E-state index contributed by atoms with van der Waals surface area (Å²) in [5.74, 6) is 0.697. The summed E-state index contributed by atoms with van der Waals surface area (Å²) < 4.78 is 0.583. The first-order valence-electron chi connectivity index (χ1n) is 5.71. The fourth-order valence-electron chi connectivity index (χ4n) is 1.10. The standard InChI is InChI=1S/C12H16N6S2.ClH/c1-9(16-17-11(13)14)7-15-18-12(19)20-8-10-5-3-2-4-6-10;/h2-7H,8H2,1H3,(H,18,19)(H4,13,14,17);1H/b15-7-,16-9-;. The van der Waals surface area contributed by atoms with Crippen LogP contribution in [-0.2, 0) is 5.75 Å². The van der Waals surface area contributed by atoms with Gasteiger partial charge in [-0.25, -0.2) is 0 Å². The van der Waals surface area contributed by atoms with E-state index in [1.54, 1.807) is 6.92 Å². The van der Waals surface area contributed by atoms with Crippen LogP contribution in [0.5, 0.6) is 0 Å². The minimum absolute atomic E-state index is 0. The second kappa shape index (κ2) is 11.1. The summed E-state index contributed by atoms with van der Waals surface area (Å²) in [5.41, 5.74) is 14.8. The zero-order valence-corrected chi connectivity index (χ0v) is 13.8. The lowest BCUT2D eigenvalue weighted by molar-refractivity contribution is 1.07. The molecule has 0 spiro atoms. The molecule has 5 N–H and O–H groups in total. The number of hydrogen-bond acceptors (Lipinski definition) is 5. The van der Waals surface area contributed by atoms with Crippen molar-refractivity contribution < 1.29 is 0 Å². The fourth-order valence-corrected chi connectivity index (χ4v) is 1.93. The molecule has 0 bridgehead atoms. The first kappa shape index (κ1) is 19.4. The van der Waals surface area contributed by atoms with Gasteiger partial charge in [0.05, 0.1) is 11.9 Å². The van der Waals surface area contributed by atoms with E-state index in [1.807, 2.05) is 30.3 Å². The molecule has 1 rings (SSSR count). The molecule has 9 heteroatoms. The number of benzene rings is 1. The Labute approximate surface area is 139 Å². The van der Waals surface area contributed by atoms with E-state index in [-0.39, 0.29) is 18.4 Å². The number of thioether (sulfide) groups is 1. The van der Waals surface area contributed by atoms with Gasteiger partial charge in [-0.2, -0.15) is 10.2 Å². The summed E-state index contributed by atoms with van der Waals surface area (Å²) in [6.07, 6.45) is 1.49. The number of nitrogens with one attached hydrogen (secondary N) is 1. The zero-order valence-electron chi connectivity index (χ0n) is 11.4. The van der Waals surface area contributed by atoms with Gasteiger partial charge in [-0.05, 0) is 12.5 Å². The Bertz CT molecular complexity index is 526. The molecule has 0 radical (unpaired) electrons. The maximum atomic E-state index is 5.15. The van der Waals surface area contributed by atoms with Gasteiger partial charge < -0.3 is 11.5 Å². The number of rotatable bonds is 5. The Morgan fingerprint density at radius 3 is 2.57 bits per heavy atom. The Kier molecular flexibility index (Phi) is 10.2. The summed E-state index contributed by atoms with van der Waals surface area (Å²) in [6, 6.07) is 10.1. The average Bonchev–Trinajstić information content (AvgIpc) is 2.44. The van der Waals surface area contributed by atoms with Crippen molar-refractivity contribution in [1.82, 2.24) is 5.43 Å². The first-order valence-corrected chi connectivity index (χ1v) is 7.10. The van der Waals surface area contributed by atoms with E-state index >= 15 is 0 Å². The topological polar surface area (TPSA) is 101 Å². The smallest absolute Gasteiger partial charge is 0.211 e. The highest BCUT2D eigenvalue weighted by Gasteiger charge is 1.97. The molecular weight excluding hydrogens is 328 g/mol. The van der Waals surface area contributed by atoms with Crippen molar-refractivity contribution in [3.63, 3.8) is 0 Å². The van der Waals surface area contributed by atoms with Crippen LogP contribution in [0.15, 0.2) is 45.6 Å². The highest BCUT2D eigenvalue weighted by atomic mass is 35.5. The Morgan fingerprint density at radius 1 is 1.29 bits per heavy atom. The summed E-state index contributed by atoms with van der Waals surface area (Å²) in [7, 11) is 0. The van der Waals surface area contributed by atoms with Crippen LogP contribution in [0.1, 0.15) is 12.5 Å². The molecule has 0 unspecified atom stereocenters. The van der Waals surface area contributed by atoms with Crippen molar-refractivity contribution in [1.29, 1.82) is 0 Å². The second-order valence-corrected chi connectivity index (χ2v) is 5.35. The molecule has 6 nitrogen and oxygen atoms in total. The van der Waals surface area contributed by atoms with Crippen molar-refractivity contribution in [2.75, 3.05) is 0 Å². The quantitative estimate of drug-likeness (QED) is 0.327. The fraction of sp³-hybridized carbons (Fsp3) is 0.167. The zero-order chi connectivity index (χ0) is 14.8. The third-order valence-corrected chi connectivity index (χ3v) is 3.22. The lowest BCUT2D eigenvalue weighted by Gasteiger charge is -2.02. The minimum atomic E-state index is -0.0975. The van der Waals surface area contributed by atoms with Gasteiger partial charge in [0.15, 0.2) is 4.32 Å².